The van der Waals surface area contributed by atoms with E-state index >= 15 is 0 Å². The first-order valence-corrected chi connectivity index (χ1v) is 8.78. The molecule has 3 rings (SSSR count). The molecular weight excluding hydrogens is 358 g/mol. The molecule has 0 bridgehead atoms. The number of carbonyl (C=O) groups is 2. The number of hydrogen-bond donors (Lipinski definition) is 1. The Hall–Kier alpha value is -2.05. The van der Waals surface area contributed by atoms with Gasteiger partial charge in [0.15, 0.2) is 0 Å². The van der Waals surface area contributed by atoms with Crippen LogP contribution in [0.1, 0.15) is 30.5 Å². The second-order valence-corrected chi connectivity index (χ2v) is 7.36. The molecule has 0 saturated carbocycles. The van der Waals surface area contributed by atoms with Gasteiger partial charge >= 0.3 is 0 Å². The number of carbonyl (C=O) groups excluding carboxylic acids is 2. The molecule has 1 aliphatic rings. The van der Waals surface area contributed by atoms with Gasteiger partial charge in [-0.1, -0.05) is 6.07 Å². The van der Waals surface area contributed by atoms with Crippen molar-refractivity contribution in [1.29, 1.82) is 0 Å². The number of thiophene rings is 1. The van der Waals surface area contributed by atoms with Crippen LogP contribution in [0.3, 0.4) is 0 Å². The van der Waals surface area contributed by atoms with Crippen molar-refractivity contribution in [3.05, 3.63) is 51.2 Å². The molecule has 1 saturated heterocycles. The van der Waals surface area contributed by atoms with Crippen LogP contribution in [0.15, 0.2) is 30.3 Å². The number of benzene rings is 1. The Balaban J connectivity index is 0.00000225. The largest absolute Gasteiger partial charge is 0.399 e. The maximum absolute atomic E-state index is 12.7. The molecule has 134 valence electrons. The predicted molar refractivity (Wildman–Crippen MR) is 104 cm³/mol. The fraction of sp³-hybridized carbons (Fsp3) is 0.333. The van der Waals surface area contributed by atoms with Gasteiger partial charge < -0.3 is 15.5 Å². The van der Waals surface area contributed by atoms with Crippen molar-refractivity contribution in [3.8, 4) is 0 Å². The zero-order chi connectivity index (χ0) is 17.3. The number of rotatable bonds is 2. The first-order valence-electron chi connectivity index (χ1n) is 7.97. The number of nitrogens with two attached hydrogens (primary N) is 1. The number of amides is 2. The highest BCUT2D eigenvalue weighted by Crippen LogP contribution is 2.20. The lowest BCUT2D eigenvalue weighted by atomic mass is 10.1. The summed E-state index contributed by atoms with van der Waals surface area (Å²) in [7, 11) is 0. The lowest BCUT2D eigenvalue weighted by Crippen LogP contribution is -2.50. The van der Waals surface area contributed by atoms with Crippen LogP contribution in [0, 0.1) is 13.8 Å². The van der Waals surface area contributed by atoms with Gasteiger partial charge in [-0.05, 0) is 43.7 Å². The average molecular weight is 380 g/mol. The number of aryl methyl sites for hydroxylation is 2. The van der Waals surface area contributed by atoms with E-state index in [0.29, 0.717) is 37.4 Å². The third kappa shape index (κ3) is 4.14. The van der Waals surface area contributed by atoms with Crippen LogP contribution in [0.25, 0.3) is 0 Å². The smallest absolute Gasteiger partial charge is 0.264 e. The van der Waals surface area contributed by atoms with Crippen molar-refractivity contribution in [2.75, 3.05) is 31.9 Å². The Morgan fingerprint density at radius 1 is 0.960 bits per heavy atom. The van der Waals surface area contributed by atoms with Crippen LogP contribution in [0.5, 0.6) is 0 Å². The number of halogens is 1. The lowest BCUT2D eigenvalue weighted by molar-refractivity contribution is 0.0537. The minimum atomic E-state index is -0.0149. The van der Waals surface area contributed by atoms with Crippen LogP contribution >= 0.6 is 23.7 Å². The molecule has 2 aromatic rings. The third-order valence-corrected chi connectivity index (χ3v) is 5.29. The van der Waals surface area contributed by atoms with E-state index in [1.54, 1.807) is 17.0 Å². The van der Waals surface area contributed by atoms with E-state index in [9.17, 15) is 9.59 Å². The molecule has 2 amide bonds. The highest BCUT2D eigenvalue weighted by molar-refractivity contribution is 7.13. The number of anilines is 1. The summed E-state index contributed by atoms with van der Waals surface area (Å²) in [6.07, 6.45) is 0. The van der Waals surface area contributed by atoms with Crippen molar-refractivity contribution in [1.82, 2.24) is 9.80 Å². The summed E-state index contributed by atoms with van der Waals surface area (Å²) in [6, 6.07) is 9.22. The maximum atomic E-state index is 12.7. The summed E-state index contributed by atoms with van der Waals surface area (Å²) in [4.78, 5) is 30.7. The molecular formula is C18H22ClN3O2S. The Labute approximate surface area is 157 Å². The summed E-state index contributed by atoms with van der Waals surface area (Å²) in [6.45, 7) is 6.11. The molecule has 2 N–H and O–H groups in total. The average Bonchev–Trinajstić information content (AvgIpc) is 3.02. The highest BCUT2D eigenvalue weighted by Gasteiger charge is 2.26. The zero-order valence-electron chi connectivity index (χ0n) is 14.3. The second kappa shape index (κ2) is 7.89. The Morgan fingerprint density at radius 3 is 2.12 bits per heavy atom. The molecule has 1 aromatic heterocycles. The normalized spacial score (nSPS) is 14.2. The van der Waals surface area contributed by atoms with E-state index < -0.39 is 0 Å². The fourth-order valence-electron chi connectivity index (χ4n) is 2.86. The van der Waals surface area contributed by atoms with Crippen LogP contribution < -0.4 is 5.73 Å². The molecule has 1 aliphatic heterocycles. The quantitative estimate of drug-likeness (QED) is 0.816. The van der Waals surface area contributed by atoms with E-state index in [4.69, 9.17) is 5.73 Å². The SMILES string of the molecule is Cc1ccc(C(=O)N2CCN(C(=O)c3cc(N)ccc3C)CC2)s1.Cl. The Kier molecular flexibility index (Phi) is 6.08. The molecule has 5 nitrogen and oxygen atoms in total. The van der Waals surface area contributed by atoms with E-state index in [0.717, 1.165) is 15.3 Å². The van der Waals surface area contributed by atoms with E-state index in [1.165, 1.54) is 11.3 Å². The van der Waals surface area contributed by atoms with Crippen molar-refractivity contribution >= 4 is 41.2 Å². The number of piperazine rings is 1. The number of nitrogen functional groups attached to an aromatic ring is 1. The molecule has 25 heavy (non-hydrogen) atoms. The standard InChI is InChI=1S/C18H21N3O2S.ClH/c1-12-3-5-14(19)11-15(12)17(22)20-7-9-21(10-8-20)18(23)16-6-4-13(2)24-16;/h3-6,11H,7-10,19H2,1-2H3;1H. The summed E-state index contributed by atoms with van der Waals surface area (Å²) < 4.78 is 0. The number of hydrogen-bond acceptors (Lipinski definition) is 4. The monoisotopic (exact) mass is 379 g/mol. The van der Waals surface area contributed by atoms with Crippen molar-refractivity contribution < 1.29 is 9.59 Å². The zero-order valence-corrected chi connectivity index (χ0v) is 16.0. The molecule has 0 spiro atoms. The van der Waals surface area contributed by atoms with Gasteiger partial charge in [-0.3, -0.25) is 9.59 Å². The lowest BCUT2D eigenvalue weighted by Gasteiger charge is -2.34. The van der Waals surface area contributed by atoms with Gasteiger partial charge in [-0.15, -0.1) is 23.7 Å². The van der Waals surface area contributed by atoms with Gasteiger partial charge in [-0.25, -0.2) is 0 Å². The van der Waals surface area contributed by atoms with Gasteiger partial charge in [0.05, 0.1) is 4.88 Å². The molecule has 0 radical (unpaired) electrons. The first-order chi connectivity index (χ1) is 11.5. The van der Waals surface area contributed by atoms with Gasteiger partial charge in [0, 0.05) is 42.3 Å². The molecule has 0 atom stereocenters. The fourth-order valence-corrected chi connectivity index (χ4v) is 3.69. The molecule has 7 heteroatoms. The molecule has 0 aliphatic carbocycles. The first kappa shape index (κ1) is 19.3. The molecule has 0 unspecified atom stereocenters. The van der Waals surface area contributed by atoms with Crippen molar-refractivity contribution in [2.45, 2.75) is 13.8 Å². The predicted octanol–water partition coefficient (Wildman–Crippen LogP) is 2.97. The second-order valence-electron chi connectivity index (χ2n) is 6.07. The molecule has 1 aromatic carbocycles. The van der Waals surface area contributed by atoms with Gasteiger partial charge in [0.1, 0.15) is 0 Å². The molecule has 2 heterocycles. The van der Waals surface area contributed by atoms with Gasteiger partial charge in [0.2, 0.25) is 0 Å². The van der Waals surface area contributed by atoms with Crippen LogP contribution in [-0.4, -0.2) is 47.8 Å². The van der Waals surface area contributed by atoms with Crippen LogP contribution in [-0.2, 0) is 0 Å². The van der Waals surface area contributed by atoms with Crippen molar-refractivity contribution in [3.63, 3.8) is 0 Å². The minimum absolute atomic E-state index is 0. The van der Waals surface area contributed by atoms with E-state index in [1.807, 2.05) is 36.9 Å². The number of nitrogens with zero attached hydrogens (tertiary/aromatic N) is 2. The Morgan fingerprint density at radius 2 is 1.56 bits per heavy atom. The minimum Gasteiger partial charge on any atom is -0.399 e. The summed E-state index contributed by atoms with van der Waals surface area (Å²) in [5.41, 5.74) is 7.95. The van der Waals surface area contributed by atoms with Crippen LogP contribution in [0.2, 0.25) is 0 Å². The Bertz CT molecular complexity index is 782. The van der Waals surface area contributed by atoms with E-state index in [2.05, 4.69) is 0 Å². The molecule has 1 fully saturated rings. The third-order valence-electron chi connectivity index (χ3n) is 4.30. The highest BCUT2D eigenvalue weighted by atomic mass is 35.5. The summed E-state index contributed by atoms with van der Waals surface area (Å²) in [5.74, 6) is 0.0409. The topological polar surface area (TPSA) is 66.6 Å². The van der Waals surface area contributed by atoms with Gasteiger partial charge in [-0.2, -0.15) is 0 Å². The summed E-state index contributed by atoms with van der Waals surface area (Å²) in [5, 5.41) is 0. The summed E-state index contributed by atoms with van der Waals surface area (Å²) >= 11 is 1.51. The van der Waals surface area contributed by atoms with E-state index in [-0.39, 0.29) is 24.2 Å². The maximum Gasteiger partial charge on any atom is 0.264 e. The van der Waals surface area contributed by atoms with Crippen molar-refractivity contribution in [2.24, 2.45) is 0 Å². The van der Waals surface area contributed by atoms with Gasteiger partial charge in [0.25, 0.3) is 11.8 Å². The van der Waals surface area contributed by atoms with Crippen LogP contribution in [0.4, 0.5) is 5.69 Å².